The predicted molar refractivity (Wildman–Crippen MR) is 107 cm³/mol. The van der Waals surface area contributed by atoms with Gasteiger partial charge in [0.2, 0.25) is 5.28 Å². The van der Waals surface area contributed by atoms with Gasteiger partial charge in [0.25, 0.3) is 0 Å². The third kappa shape index (κ3) is 4.96. The van der Waals surface area contributed by atoms with E-state index in [2.05, 4.69) is 26.7 Å². The van der Waals surface area contributed by atoms with Gasteiger partial charge in [-0.1, -0.05) is 6.92 Å². The fourth-order valence-corrected chi connectivity index (χ4v) is 3.49. The number of anilines is 1. The second-order valence-corrected chi connectivity index (χ2v) is 7.08. The average Bonchev–Trinajstić information content (AvgIpc) is 2.67. The Morgan fingerprint density at radius 2 is 1.89 bits per heavy atom. The first-order valence-electron chi connectivity index (χ1n) is 9.18. The van der Waals surface area contributed by atoms with Gasteiger partial charge >= 0.3 is 0 Å². The number of aromatic nitrogens is 2. The zero-order valence-electron chi connectivity index (χ0n) is 16.0. The Morgan fingerprint density at radius 3 is 2.56 bits per heavy atom. The van der Waals surface area contributed by atoms with E-state index >= 15 is 0 Å². The summed E-state index contributed by atoms with van der Waals surface area (Å²) in [4.78, 5) is 25.9. The number of hydrogen-bond donors (Lipinski definition) is 0. The summed E-state index contributed by atoms with van der Waals surface area (Å²) in [6.07, 6.45) is 0.177. The third-order valence-electron chi connectivity index (χ3n) is 4.83. The Labute approximate surface area is 165 Å². The molecule has 1 aliphatic heterocycles. The summed E-state index contributed by atoms with van der Waals surface area (Å²) in [7, 11) is 1.60. The molecule has 3 rings (SSSR count). The number of ketones is 1. The zero-order valence-corrected chi connectivity index (χ0v) is 16.8. The van der Waals surface area contributed by atoms with Crippen LogP contribution in [0.5, 0.6) is 5.75 Å². The summed E-state index contributed by atoms with van der Waals surface area (Å²) in [5, 5.41) is 0.176. The first-order chi connectivity index (χ1) is 13.0. The molecule has 2 aromatic rings. The smallest absolute Gasteiger partial charge is 0.224 e. The summed E-state index contributed by atoms with van der Waals surface area (Å²) in [5.41, 5.74) is 2.22. The number of piperazine rings is 1. The molecule has 7 heteroatoms. The van der Waals surface area contributed by atoms with E-state index in [4.69, 9.17) is 16.3 Å². The molecule has 1 saturated heterocycles. The van der Waals surface area contributed by atoms with Crippen LogP contribution in [0.4, 0.5) is 5.82 Å². The van der Waals surface area contributed by atoms with Gasteiger partial charge in [0, 0.05) is 37.8 Å². The van der Waals surface area contributed by atoms with Crippen molar-refractivity contribution in [2.75, 3.05) is 44.7 Å². The molecule has 6 nitrogen and oxygen atoms in total. The number of aryl methyl sites for hydroxylation is 1. The van der Waals surface area contributed by atoms with Crippen molar-refractivity contribution < 1.29 is 9.53 Å². The fraction of sp³-hybridized carbons (Fsp3) is 0.450. The van der Waals surface area contributed by atoms with Gasteiger partial charge in [-0.25, -0.2) is 9.97 Å². The van der Waals surface area contributed by atoms with Crippen molar-refractivity contribution in [3.8, 4) is 5.75 Å². The second-order valence-electron chi connectivity index (χ2n) is 6.75. The van der Waals surface area contributed by atoms with E-state index < -0.39 is 0 Å². The summed E-state index contributed by atoms with van der Waals surface area (Å²) in [5.74, 6) is 1.44. The highest BCUT2D eigenvalue weighted by Crippen LogP contribution is 2.21. The molecule has 0 saturated carbocycles. The molecular weight excluding hydrogens is 364 g/mol. The lowest BCUT2D eigenvalue weighted by atomic mass is 10.0. The first-order valence-corrected chi connectivity index (χ1v) is 9.56. The van der Waals surface area contributed by atoms with E-state index in [0.29, 0.717) is 17.0 Å². The lowest BCUT2D eigenvalue weighted by molar-refractivity contribution is 0.0991. The van der Waals surface area contributed by atoms with Gasteiger partial charge in [0.15, 0.2) is 5.78 Å². The maximum atomic E-state index is 12.7. The standard InChI is InChI=1S/C20H25ClN4O2/c1-4-24-5-7-25(8-6-24)19-13-16(22-20(21)23-19)12-18(26)15-9-14(2)10-17(11-15)27-3/h9-11,13H,4-8,12H2,1-3H3. The summed E-state index contributed by atoms with van der Waals surface area (Å²) in [6, 6.07) is 7.38. The number of likely N-dealkylation sites (N-methyl/N-ethyl adjacent to an activating group) is 1. The van der Waals surface area contributed by atoms with Crippen LogP contribution < -0.4 is 9.64 Å². The number of methoxy groups -OCH3 is 1. The van der Waals surface area contributed by atoms with Crippen LogP contribution in [-0.2, 0) is 6.42 Å². The number of hydrogen-bond acceptors (Lipinski definition) is 6. The molecule has 1 aromatic heterocycles. The van der Waals surface area contributed by atoms with Gasteiger partial charge in [-0.15, -0.1) is 0 Å². The van der Waals surface area contributed by atoms with Crippen LogP contribution in [-0.4, -0.2) is 60.5 Å². The number of halogens is 1. The number of ether oxygens (including phenoxy) is 1. The summed E-state index contributed by atoms with van der Waals surface area (Å²) >= 11 is 6.14. The molecule has 0 radical (unpaired) electrons. The highest BCUT2D eigenvalue weighted by Gasteiger charge is 2.19. The van der Waals surface area contributed by atoms with E-state index in [1.807, 2.05) is 25.1 Å². The number of carbonyl (C=O) groups excluding carboxylic acids is 1. The number of Topliss-reactive ketones (excluding diaryl/α,β-unsaturated/α-hetero) is 1. The molecule has 2 heterocycles. The van der Waals surface area contributed by atoms with Crippen molar-refractivity contribution in [3.05, 3.63) is 46.4 Å². The molecule has 0 unspecified atom stereocenters. The summed E-state index contributed by atoms with van der Waals surface area (Å²) in [6.45, 7) is 8.94. The van der Waals surface area contributed by atoms with Gasteiger partial charge in [0.05, 0.1) is 19.2 Å². The minimum absolute atomic E-state index is 0.0199. The van der Waals surface area contributed by atoms with Gasteiger partial charge in [-0.05, 0) is 48.8 Å². The van der Waals surface area contributed by atoms with Crippen molar-refractivity contribution in [3.63, 3.8) is 0 Å². The van der Waals surface area contributed by atoms with Gasteiger partial charge in [-0.2, -0.15) is 0 Å². The van der Waals surface area contributed by atoms with Crippen molar-refractivity contribution >= 4 is 23.2 Å². The molecule has 0 N–H and O–H groups in total. The lowest BCUT2D eigenvalue weighted by Gasteiger charge is -2.34. The highest BCUT2D eigenvalue weighted by molar-refractivity contribution is 6.28. The maximum absolute atomic E-state index is 12.7. The Bertz CT molecular complexity index is 820. The molecule has 1 aliphatic rings. The quantitative estimate of drug-likeness (QED) is 0.560. The third-order valence-corrected chi connectivity index (χ3v) is 5.00. The molecule has 0 atom stereocenters. The van der Waals surface area contributed by atoms with Crippen molar-refractivity contribution in [2.45, 2.75) is 20.3 Å². The van der Waals surface area contributed by atoms with Crippen molar-refractivity contribution in [2.24, 2.45) is 0 Å². The van der Waals surface area contributed by atoms with Crippen LogP contribution in [0.2, 0.25) is 5.28 Å². The van der Waals surface area contributed by atoms with Gasteiger partial charge in [-0.3, -0.25) is 4.79 Å². The van der Waals surface area contributed by atoms with Crippen molar-refractivity contribution in [1.29, 1.82) is 0 Å². The van der Waals surface area contributed by atoms with Crippen LogP contribution in [0.1, 0.15) is 28.5 Å². The number of carbonyl (C=O) groups is 1. The topological polar surface area (TPSA) is 58.6 Å². The van der Waals surface area contributed by atoms with Crippen LogP contribution >= 0.6 is 11.6 Å². The van der Waals surface area contributed by atoms with E-state index in [0.717, 1.165) is 44.1 Å². The highest BCUT2D eigenvalue weighted by atomic mass is 35.5. The van der Waals surface area contributed by atoms with E-state index in [9.17, 15) is 4.79 Å². The van der Waals surface area contributed by atoms with Gasteiger partial charge < -0.3 is 14.5 Å². The Kier molecular flexibility index (Phi) is 6.29. The summed E-state index contributed by atoms with van der Waals surface area (Å²) < 4.78 is 5.26. The lowest BCUT2D eigenvalue weighted by Crippen LogP contribution is -2.46. The molecular formula is C20H25ClN4O2. The molecule has 0 bridgehead atoms. The first kappa shape index (κ1) is 19.6. The minimum Gasteiger partial charge on any atom is -0.497 e. The van der Waals surface area contributed by atoms with E-state index in [-0.39, 0.29) is 17.5 Å². The number of rotatable bonds is 6. The molecule has 1 aromatic carbocycles. The second kappa shape index (κ2) is 8.67. The SMILES string of the molecule is CCN1CCN(c2cc(CC(=O)c3cc(C)cc(OC)c3)nc(Cl)n2)CC1. The average molecular weight is 389 g/mol. The van der Waals surface area contributed by atoms with Crippen LogP contribution in [0.25, 0.3) is 0 Å². The zero-order chi connectivity index (χ0) is 19.4. The maximum Gasteiger partial charge on any atom is 0.224 e. The van der Waals surface area contributed by atoms with Gasteiger partial charge in [0.1, 0.15) is 11.6 Å². The Hall–Kier alpha value is -2.18. The van der Waals surface area contributed by atoms with Crippen LogP contribution in [0.15, 0.2) is 24.3 Å². The minimum atomic E-state index is -0.0199. The monoisotopic (exact) mass is 388 g/mol. The van der Waals surface area contributed by atoms with E-state index in [1.165, 1.54) is 0 Å². The Balaban J connectivity index is 1.76. The van der Waals surface area contributed by atoms with Crippen molar-refractivity contribution in [1.82, 2.24) is 14.9 Å². The van der Waals surface area contributed by atoms with Crippen LogP contribution in [0, 0.1) is 6.92 Å². The normalized spacial score (nSPS) is 15.0. The Morgan fingerprint density at radius 1 is 1.15 bits per heavy atom. The molecule has 144 valence electrons. The van der Waals surface area contributed by atoms with Crippen LogP contribution in [0.3, 0.4) is 0 Å². The molecule has 27 heavy (non-hydrogen) atoms. The molecule has 0 aliphatic carbocycles. The largest absolute Gasteiger partial charge is 0.497 e. The number of benzene rings is 1. The molecule has 0 spiro atoms. The van der Waals surface area contributed by atoms with E-state index in [1.54, 1.807) is 13.2 Å². The predicted octanol–water partition coefficient (Wildman–Crippen LogP) is 3.01. The fourth-order valence-electron chi connectivity index (χ4n) is 3.29. The number of nitrogens with zero attached hydrogens (tertiary/aromatic N) is 4. The molecule has 1 fully saturated rings. The molecule has 0 amide bonds.